The zero-order chi connectivity index (χ0) is 12.3. The van der Waals surface area contributed by atoms with Crippen LogP contribution in [0.5, 0.6) is 0 Å². The van der Waals surface area contributed by atoms with Crippen molar-refractivity contribution in [3.63, 3.8) is 0 Å². The van der Waals surface area contributed by atoms with Crippen LogP contribution in [0, 0.1) is 0 Å². The zero-order valence-electron chi connectivity index (χ0n) is 8.96. The summed E-state index contributed by atoms with van der Waals surface area (Å²) in [6.45, 7) is 0.108. The number of alkyl halides is 3. The van der Waals surface area contributed by atoms with Crippen LogP contribution in [0.25, 0.3) is 0 Å². The summed E-state index contributed by atoms with van der Waals surface area (Å²) in [7, 11) is 1.47. The quantitative estimate of drug-likeness (QED) is 0.779. The van der Waals surface area contributed by atoms with Gasteiger partial charge >= 0.3 is 6.18 Å². The second-order valence-electron chi connectivity index (χ2n) is 3.87. The summed E-state index contributed by atoms with van der Waals surface area (Å²) in [4.78, 5) is 12.5. The van der Waals surface area contributed by atoms with Crippen molar-refractivity contribution in [2.24, 2.45) is 5.73 Å². The number of hydrogen-bond donors (Lipinski definition) is 1. The lowest BCUT2D eigenvalue weighted by Crippen LogP contribution is -2.41. The van der Waals surface area contributed by atoms with Crippen LogP contribution < -0.4 is 5.73 Å². The molecule has 2 N–H and O–H groups in total. The lowest BCUT2D eigenvalue weighted by molar-refractivity contribution is -0.140. The highest BCUT2D eigenvalue weighted by Gasteiger charge is 2.38. The van der Waals surface area contributed by atoms with E-state index in [4.69, 9.17) is 10.5 Å². The third-order valence-corrected chi connectivity index (χ3v) is 2.71. The number of likely N-dealkylation sites (tertiary alicyclic amines) is 1. The largest absolute Gasteiger partial charge is 0.390 e. The molecule has 2 atom stereocenters. The smallest absolute Gasteiger partial charge is 0.380 e. The molecule has 94 valence electrons. The molecule has 1 heterocycles. The summed E-state index contributed by atoms with van der Waals surface area (Å²) in [5.74, 6) is -0.596. The highest BCUT2D eigenvalue weighted by Crippen LogP contribution is 2.24. The fourth-order valence-corrected chi connectivity index (χ4v) is 1.85. The summed E-state index contributed by atoms with van der Waals surface area (Å²) in [5, 5.41) is 0. The van der Waals surface area contributed by atoms with Crippen molar-refractivity contribution >= 4 is 5.91 Å². The van der Waals surface area contributed by atoms with Crippen molar-refractivity contribution in [1.29, 1.82) is 0 Å². The molecule has 16 heavy (non-hydrogen) atoms. The average Bonchev–Trinajstić information content (AvgIpc) is 2.56. The Kier molecular flexibility index (Phi) is 4.15. The van der Waals surface area contributed by atoms with E-state index in [0.717, 1.165) is 0 Å². The van der Waals surface area contributed by atoms with Crippen LogP contribution in [-0.4, -0.2) is 49.3 Å². The minimum atomic E-state index is -4.21. The van der Waals surface area contributed by atoms with Crippen LogP contribution in [0.3, 0.4) is 0 Å². The zero-order valence-corrected chi connectivity index (χ0v) is 8.96. The van der Waals surface area contributed by atoms with Gasteiger partial charge in [-0.2, -0.15) is 13.2 Å². The van der Waals surface area contributed by atoms with Crippen LogP contribution in [0.4, 0.5) is 13.2 Å². The minimum Gasteiger partial charge on any atom is -0.380 e. The molecule has 7 heteroatoms. The molecule has 0 aromatic heterocycles. The van der Waals surface area contributed by atoms with Gasteiger partial charge in [-0.05, 0) is 6.42 Å². The van der Waals surface area contributed by atoms with Crippen molar-refractivity contribution in [1.82, 2.24) is 4.90 Å². The molecule has 0 unspecified atom stereocenters. The van der Waals surface area contributed by atoms with Crippen molar-refractivity contribution in [3.8, 4) is 0 Å². The number of amides is 1. The molecule has 1 amide bonds. The second-order valence-corrected chi connectivity index (χ2v) is 3.87. The molecule has 0 radical (unpaired) electrons. The topological polar surface area (TPSA) is 55.6 Å². The molecule has 0 aromatic carbocycles. The molecule has 4 nitrogen and oxygen atoms in total. The van der Waals surface area contributed by atoms with Gasteiger partial charge in [-0.15, -0.1) is 0 Å². The summed E-state index contributed by atoms with van der Waals surface area (Å²) in [6.07, 6.45) is -5.00. The Balaban J connectivity index is 2.53. The third kappa shape index (κ3) is 3.64. The fraction of sp³-hybridized carbons (Fsp3) is 0.889. The number of methoxy groups -OCH3 is 1. The van der Waals surface area contributed by atoms with E-state index in [9.17, 15) is 18.0 Å². The van der Waals surface area contributed by atoms with Crippen molar-refractivity contribution < 1.29 is 22.7 Å². The number of nitrogens with two attached hydrogens (primary N) is 1. The predicted octanol–water partition coefficient (Wildman–Crippen LogP) is 0.513. The Morgan fingerprint density at radius 2 is 2.19 bits per heavy atom. The van der Waals surface area contributed by atoms with Gasteiger partial charge in [-0.25, -0.2) is 0 Å². The summed E-state index contributed by atoms with van der Waals surface area (Å²) in [5.41, 5.74) is 5.13. The van der Waals surface area contributed by atoms with Crippen LogP contribution in [0.1, 0.15) is 12.8 Å². The molecule has 1 rings (SSSR count). The van der Waals surface area contributed by atoms with Crippen LogP contribution >= 0.6 is 0 Å². The lowest BCUT2D eigenvalue weighted by Gasteiger charge is -2.21. The summed E-state index contributed by atoms with van der Waals surface area (Å²) < 4.78 is 41.1. The Labute approximate surface area is 91.5 Å². The first-order valence-corrected chi connectivity index (χ1v) is 4.96. The maximum atomic E-state index is 12.0. The van der Waals surface area contributed by atoms with E-state index in [2.05, 4.69) is 0 Å². The van der Waals surface area contributed by atoms with E-state index in [0.29, 0.717) is 13.0 Å². The van der Waals surface area contributed by atoms with E-state index >= 15 is 0 Å². The molecule has 0 aromatic rings. The summed E-state index contributed by atoms with van der Waals surface area (Å²) in [6, 6.07) is -0.646. The lowest BCUT2D eigenvalue weighted by atomic mass is 10.2. The van der Waals surface area contributed by atoms with E-state index in [1.165, 1.54) is 12.0 Å². The molecule has 0 aliphatic carbocycles. The molecule has 0 saturated carbocycles. The van der Waals surface area contributed by atoms with Gasteiger partial charge in [-0.3, -0.25) is 9.69 Å². The van der Waals surface area contributed by atoms with E-state index in [1.54, 1.807) is 0 Å². The maximum Gasteiger partial charge on any atom is 0.390 e. The molecular formula is C9H15F3N2O2. The Bertz CT molecular complexity index is 258. The van der Waals surface area contributed by atoms with Gasteiger partial charge in [0.15, 0.2) is 0 Å². The SMILES string of the molecule is CO[C@H]1C[C@@H](C(N)=O)N(CCC(F)(F)F)C1. The van der Waals surface area contributed by atoms with Crippen molar-refractivity contribution in [2.75, 3.05) is 20.2 Å². The fourth-order valence-electron chi connectivity index (χ4n) is 1.85. The Hall–Kier alpha value is -0.820. The highest BCUT2D eigenvalue weighted by atomic mass is 19.4. The van der Waals surface area contributed by atoms with E-state index < -0.39 is 24.5 Å². The first-order chi connectivity index (χ1) is 7.33. The van der Waals surface area contributed by atoms with Gasteiger partial charge in [0.05, 0.1) is 18.6 Å². The van der Waals surface area contributed by atoms with Gasteiger partial charge in [-0.1, -0.05) is 0 Å². The number of carbonyl (C=O) groups is 1. The van der Waals surface area contributed by atoms with Gasteiger partial charge < -0.3 is 10.5 Å². The third-order valence-electron chi connectivity index (χ3n) is 2.71. The van der Waals surface area contributed by atoms with E-state index in [1.807, 2.05) is 0 Å². The number of nitrogens with zero attached hydrogens (tertiary/aromatic N) is 1. The maximum absolute atomic E-state index is 12.0. The monoisotopic (exact) mass is 240 g/mol. The molecule has 1 saturated heterocycles. The average molecular weight is 240 g/mol. The molecule has 0 spiro atoms. The predicted molar refractivity (Wildman–Crippen MR) is 50.6 cm³/mol. The van der Waals surface area contributed by atoms with Gasteiger partial charge in [0, 0.05) is 20.2 Å². The molecular weight excluding hydrogens is 225 g/mol. The van der Waals surface area contributed by atoms with Crippen LogP contribution in [-0.2, 0) is 9.53 Å². The van der Waals surface area contributed by atoms with Crippen LogP contribution in [0.2, 0.25) is 0 Å². The molecule has 1 aliphatic heterocycles. The Morgan fingerprint density at radius 1 is 1.56 bits per heavy atom. The van der Waals surface area contributed by atoms with Crippen molar-refractivity contribution in [2.45, 2.75) is 31.2 Å². The number of carbonyl (C=O) groups excluding carboxylic acids is 1. The van der Waals surface area contributed by atoms with E-state index in [-0.39, 0.29) is 12.6 Å². The van der Waals surface area contributed by atoms with Gasteiger partial charge in [0.2, 0.25) is 5.91 Å². The number of hydrogen-bond acceptors (Lipinski definition) is 3. The number of primary amides is 1. The molecule has 1 fully saturated rings. The highest BCUT2D eigenvalue weighted by molar-refractivity contribution is 5.80. The molecule has 0 bridgehead atoms. The normalized spacial score (nSPS) is 27.2. The summed E-state index contributed by atoms with van der Waals surface area (Å²) >= 11 is 0. The number of ether oxygens (including phenoxy) is 1. The first-order valence-electron chi connectivity index (χ1n) is 4.96. The number of halogens is 3. The first kappa shape index (κ1) is 13.2. The van der Waals surface area contributed by atoms with Crippen LogP contribution in [0.15, 0.2) is 0 Å². The van der Waals surface area contributed by atoms with Gasteiger partial charge in [0.25, 0.3) is 0 Å². The standard InChI is InChI=1S/C9H15F3N2O2/c1-16-6-4-7(8(13)15)14(5-6)3-2-9(10,11)12/h6-7H,2-5H2,1H3,(H2,13,15)/t6-,7-/m0/s1. The second kappa shape index (κ2) is 5.01. The molecule has 1 aliphatic rings. The minimum absolute atomic E-state index is 0.211. The Morgan fingerprint density at radius 3 is 2.62 bits per heavy atom. The van der Waals surface area contributed by atoms with Gasteiger partial charge in [0.1, 0.15) is 0 Å². The van der Waals surface area contributed by atoms with Crippen molar-refractivity contribution in [3.05, 3.63) is 0 Å². The number of rotatable bonds is 4.